The lowest BCUT2D eigenvalue weighted by Crippen LogP contribution is -2.29. The van der Waals surface area contributed by atoms with Gasteiger partial charge in [-0.15, -0.1) is 11.8 Å². The number of halogens is 1. The average molecular weight is 422 g/mol. The Hall–Kier alpha value is -2.06. The summed E-state index contributed by atoms with van der Waals surface area (Å²) in [5, 5.41) is 2.61. The van der Waals surface area contributed by atoms with Crippen molar-refractivity contribution >= 4 is 50.9 Å². The van der Waals surface area contributed by atoms with Crippen molar-refractivity contribution < 1.29 is 9.59 Å². The molecule has 0 radical (unpaired) electrons. The lowest BCUT2D eigenvalue weighted by molar-refractivity contribution is -0.122. The predicted octanol–water partition coefficient (Wildman–Crippen LogP) is 2.85. The van der Waals surface area contributed by atoms with Crippen LogP contribution >= 0.6 is 27.7 Å². The van der Waals surface area contributed by atoms with Crippen LogP contribution in [0.1, 0.15) is 6.42 Å². The number of benzene rings is 1. The van der Waals surface area contributed by atoms with Crippen molar-refractivity contribution in [2.45, 2.75) is 11.3 Å². The molecule has 0 bridgehead atoms. The van der Waals surface area contributed by atoms with E-state index in [0.29, 0.717) is 11.0 Å². The summed E-state index contributed by atoms with van der Waals surface area (Å²) in [6, 6.07) is 9.18. The van der Waals surface area contributed by atoms with Gasteiger partial charge in [-0.3, -0.25) is 14.4 Å². The number of pyridine rings is 1. The first-order valence-corrected chi connectivity index (χ1v) is 9.63. The molecule has 1 aliphatic rings. The molecule has 2 N–H and O–H groups in total. The number of carbonyl (C=O) groups excluding carboxylic acids is 2. The van der Waals surface area contributed by atoms with Crippen molar-refractivity contribution in [3.63, 3.8) is 0 Å². The van der Waals surface area contributed by atoms with Gasteiger partial charge >= 0.3 is 0 Å². The largest absolute Gasteiger partial charge is 0.326 e. The Bertz CT molecular complexity index is 866. The Labute approximate surface area is 157 Å². The number of aromatic amines is 1. The van der Waals surface area contributed by atoms with Gasteiger partial charge in [0, 0.05) is 34.2 Å². The monoisotopic (exact) mass is 421 g/mol. The van der Waals surface area contributed by atoms with Gasteiger partial charge in [-0.25, -0.2) is 0 Å². The van der Waals surface area contributed by atoms with Crippen molar-refractivity contribution in [1.29, 1.82) is 0 Å². The summed E-state index contributed by atoms with van der Waals surface area (Å²) in [6.07, 6.45) is 3.61. The van der Waals surface area contributed by atoms with E-state index < -0.39 is 5.92 Å². The van der Waals surface area contributed by atoms with Crippen LogP contribution in [0.4, 0.5) is 11.4 Å². The average Bonchev–Trinajstić information content (AvgIpc) is 3.00. The van der Waals surface area contributed by atoms with E-state index in [4.69, 9.17) is 0 Å². The van der Waals surface area contributed by atoms with Gasteiger partial charge in [-0.1, -0.05) is 0 Å². The molecule has 2 heterocycles. The molecule has 0 saturated carbocycles. The second kappa shape index (κ2) is 7.45. The van der Waals surface area contributed by atoms with Crippen LogP contribution in [0.3, 0.4) is 0 Å². The fraction of sp³-hybridized carbons (Fsp3) is 0.235. The number of thioether (sulfide) groups is 1. The maximum absolute atomic E-state index is 12.4. The highest BCUT2D eigenvalue weighted by Crippen LogP contribution is 2.27. The third-order valence-electron chi connectivity index (χ3n) is 4.01. The van der Waals surface area contributed by atoms with Crippen LogP contribution in [0.25, 0.3) is 0 Å². The van der Waals surface area contributed by atoms with E-state index in [1.165, 1.54) is 12.3 Å². The van der Waals surface area contributed by atoms with Gasteiger partial charge in [0.1, 0.15) is 5.69 Å². The van der Waals surface area contributed by atoms with Crippen molar-refractivity contribution in [2.75, 3.05) is 23.0 Å². The lowest BCUT2D eigenvalue weighted by Gasteiger charge is -2.17. The van der Waals surface area contributed by atoms with Crippen LogP contribution in [0.5, 0.6) is 0 Å². The van der Waals surface area contributed by atoms with Gasteiger partial charge < -0.3 is 15.2 Å². The fourth-order valence-electron chi connectivity index (χ4n) is 2.68. The number of anilines is 2. The van der Waals surface area contributed by atoms with E-state index in [2.05, 4.69) is 26.2 Å². The molecule has 130 valence electrons. The summed E-state index contributed by atoms with van der Waals surface area (Å²) >= 11 is 4.87. The van der Waals surface area contributed by atoms with Gasteiger partial charge in [0.2, 0.25) is 11.8 Å². The summed E-state index contributed by atoms with van der Waals surface area (Å²) in [6.45, 7) is 0.301. The first-order chi connectivity index (χ1) is 12.0. The molecule has 0 aliphatic carbocycles. The summed E-state index contributed by atoms with van der Waals surface area (Å²) in [7, 11) is 0. The van der Waals surface area contributed by atoms with E-state index in [1.54, 1.807) is 16.7 Å². The van der Waals surface area contributed by atoms with Crippen LogP contribution in [0, 0.1) is 5.92 Å². The molecule has 1 atom stereocenters. The number of rotatable bonds is 4. The molecule has 3 rings (SSSR count). The molecule has 2 amide bonds. The number of aromatic nitrogens is 1. The first-order valence-electron chi connectivity index (χ1n) is 7.61. The van der Waals surface area contributed by atoms with E-state index in [1.807, 2.05) is 30.5 Å². The van der Waals surface area contributed by atoms with E-state index >= 15 is 0 Å². The minimum absolute atomic E-state index is 0.0970. The topological polar surface area (TPSA) is 82.3 Å². The van der Waals surface area contributed by atoms with Crippen molar-refractivity contribution in [1.82, 2.24) is 4.98 Å². The van der Waals surface area contributed by atoms with Gasteiger partial charge in [-0.05, 0) is 52.5 Å². The molecular weight excluding hydrogens is 406 g/mol. The zero-order valence-corrected chi connectivity index (χ0v) is 15.8. The molecule has 25 heavy (non-hydrogen) atoms. The number of nitrogens with zero attached hydrogens (tertiary/aromatic N) is 1. The minimum atomic E-state index is -0.494. The maximum Gasteiger partial charge on any atom is 0.271 e. The third-order valence-corrected chi connectivity index (χ3v) is 5.21. The normalized spacial score (nSPS) is 17.0. The molecule has 0 spiro atoms. The molecular formula is C17H16BrN3O3S. The molecule has 1 saturated heterocycles. The van der Waals surface area contributed by atoms with Gasteiger partial charge in [0.05, 0.1) is 5.92 Å². The van der Waals surface area contributed by atoms with Crippen LogP contribution in [0.15, 0.2) is 50.7 Å². The van der Waals surface area contributed by atoms with Gasteiger partial charge in [-0.2, -0.15) is 0 Å². The maximum atomic E-state index is 12.4. The Morgan fingerprint density at radius 2 is 2.04 bits per heavy atom. The lowest BCUT2D eigenvalue weighted by atomic mass is 10.1. The van der Waals surface area contributed by atoms with E-state index in [9.17, 15) is 14.4 Å². The van der Waals surface area contributed by atoms with Crippen LogP contribution in [-0.2, 0) is 9.59 Å². The molecule has 1 aromatic carbocycles. The van der Waals surface area contributed by atoms with Crippen LogP contribution in [-0.4, -0.2) is 29.6 Å². The van der Waals surface area contributed by atoms with Gasteiger partial charge in [0.15, 0.2) is 0 Å². The number of H-pyrrole nitrogens is 1. The van der Waals surface area contributed by atoms with E-state index in [-0.39, 0.29) is 29.5 Å². The molecule has 1 unspecified atom stereocenters. The van der Waals surface area contributed by atoms with Gasteiger partial charge in [0.25, 0.3) is 5.56 Å². The zero-order valence-electron chi connectivity index (χ0n) is 13.4. The standard InChI is InChI=1S/C17H16BrN3O3S/c1-25-13-4-2-12(3-5-13)21-9-10(6-15(21)22)16(23)20-14-7-11(18)8-19-17(14)24/h2-5,7-8,10H,6,9H2,1H3,(H,19,24)(H,20,23). The van der Waals surface area contributed by atoms with E-state index in [0.717, 1.165) is 10.6 Å². The third kappa shape index (κ3) is 3.96. The first kappa shape index (κ1) is 17.8. The number of amides is 2. The highest BCUT2D eigenvalue weighted by Gasteiger charge is 2.35. The van der Waals surface area contributed by atoms with Crippen molar-refractivity contribution in [3.8, 4) is 0 Å². The van der Waals surface area contributed by atoms with Crippen LogP contribution in [0.2, 0.25) is 0 Å². The molecule has 2 aromatic rings. The SMILES string of the molecule is CSc1ccc(N2CC(C(=O)Nc3cc(Br)c[nH]c3=O)CC2=O)cc1. The quantitative estimate of drug-likeness (QED) is 0.743. The molecule has 1 aliphatic heterocycles. The second-order valence-electron chi connectivity index (χ2n) is 5.65. The summed E-state index contributed by atoms with van der Waals surface area (Å²) in [5.74, 6) is -0.925. The Morgan fingerprint density at radius 1 is 1.32 bits per heavy atom. The number of carbonyl (C=O) groups is 2. The highest BCUT2D eigenvalue weighted by atomic mass is 79.9. The highest BCUT2D eigenvalue weighted by molar-refractivity contribution is 9.10. The summed E-state index contributed by atoms with van der Waals surface area (Å²) in [4.78, 5) is 41.7. The summed E-state index contributed by atoms with van der Waals surface area (Å²) < 4.78 is 0.653. The fourth-order valence-corrected chi connectivity index (χ4v) is 3.43. The Kier molecular flexibility index (Phi) is 5.29. The second-order valence-corrected chi connectivity index (χ2v) is 7.45. The molecule has 6 nitrogen and oxygen atoms in total. The zero-order chi connectivity index (χ0) is 18.0. The smallest absolute Gasteiger partial charge is 0.271 e. The Morgan fingerprint density at radius 3 is 2.72 bits per heavy atom. The summed E-state index contributed by atoms with van der Waals surface area (Å²) in [5.41, 5.74) is 0.554. The van der Waals surface area contributed by atoms with Crippen molar-refractivity contribution in [2.24, 2.45) is 5.92 Å². The molecule has 1 fully saturated rings. The number of nitrogens with one attached hydrogen (secondary N) is 2. The minimum Gasteiger partial charge on any atom is -0.326 e. The predicted molar refractivity (Wildman–Crippen MR) is 102 cm³/mol. The van der Waals surface area contributed by atoms with Crippen molar-refractivity contribution in [3.05, 3.63) is 51.4 Å². The molecule has 1 aromatic heterocycles. The number of hydrogen-bond acceptors (Lipinski definition) is 4. The number of hydrogen-bond donors (Lipinski definition) is 2. The molecule has 8 heteroatoms. The van der Waals surface area contributed by atoms with Crippen LogP contribution < -0.4 is 15.8 Å². The Balaban J connectivity index is 1.72.